The molecule has 32 heavy (non-hydrogen) atoms. The second-order valence-electron chi connectivity index (χ2n) is 7.98. The number of nitrogens with one attached hydrogen (secondary N) is 2. The summed E-state index contributed by atoms with van der Waals surface area (Å²) in [6.45, 7) is 4.84. The number of likely N-dealkylation sites (tertiary alicyclic amines) is 1. The van der Waals surface area contributed by atoms with Crippen LogP contribution in [0.3, 0.4) is 0 Å². The number of hydrogen-bond acceptors (Lipinski definition) is 4. The van der Waals surface area contributed by atoms with E-state index in [0.717, 1.165) is 43.1 Å². The van der Waals surface area contributed by atoms with Gasteiger partial charge in [0.2, 0.25) is 0 Å². The lowest BCUT2D eigenvalue weighted by atomic mass is 10.2. The number of anilines is 1. The van der Waals surface area contributed by atoms with E-state index in [4.69, 9.17) is 4.42 Å². The first-order chi connectivity index (χ1) is 15.6. The van der Waals surface area contributed by atoms with Gasteiger partial charge in [-0.1, -0.05) is 12.1 Å². The van der Waals surface area contributed by atoms with Crippen LogP contribution in [0.2, 0.25) is 0 Å². The molecular weight excluding hydrogens is 408 g/mol. The van der Waals surface area contributed by atoms with Gasteiger partial charge >= 0.3 is 6.03 Å². The van der Waals surface area contributed by atoms with Crippen molar-refractivity contribution in [1.82, 2.24) is 20.0 Å². The quantitative estimate of drug-likeness (QED) is 0.565. The average Bonchev–Trinajstić information content (AvgIpc) is 3.54. The monoisotopic (exact) mass is 438 g/mol. The van der Waals surface area contributed by atoms with Gasteiger partial charge in [-0.15, -0.1) is 0 Å². The molecule has 2 aromatic rings. The van der Waals surface area contributed by atoms with Gasteiger partial charge in [-0.2, -0.15) is 0 Å². The van der Waals surface area contributed by atoms with E-state index in [1.54, 1.807) is 24.1 Å². The maximum absolute atomic E-state index is 12.4. The van der Waals surface area contributed by atoms with Gasteiger partial charge in [0.1, 0.15) is 0 Å². The number of hydrogen-bond donors (Lipinski definition) is 2. The van der Waals surface area contributed by atoms with Gasteiger partial charge in [0.05, 0.1) is 6.26 Å². The molecule has 0 radical (unpaired) electrons. The van der Waals surface area contributed by atoms with Crippen molar-refractivity contribution in [3.8, 4) is 0 Å². The van der Waals surface area contributed by atoms with E-state index in [9.17, 15) is 9.59 Å². The number of nitrogens with zero attached hydrogens (tertiary/aromatic N) is 4. The van der Waals surface area contributed by atoms with Crippen molar-refractivity contribution in [2.24, 2.45) is 4.99 Å². The van der Waals surface area contributed by atoms with Crippen LogP contribution in [-0.2, 0) is 6.54 Å². The first kappa shape index (κ1) is 21.7. The van der Waals surface area contributed by atoms with Crippen LogP contribution in [-0.4, -0.2) is 78.9 Å². The third kappa shape index (κ3) is 5.22. The number of guanidine groups is 1. The maximum atomic E-state index is 12.4. The number of urea groups is 1. The molecule has 0 unspecified atom stereocenters. The van der Waals surface area contributed by atoms with E-state index < -0.39 is 0 Å². The van der Waals surface area contributed by atoms with Crippen LogP contribution in [0.15, 0.2) is 52.1 Å². The first-order valence-corrected chi connectivity index (χ1v) is 11.1. The number of carbonyl (C=O) groups excluding carboxylic acids is 2. The Morgan fingerprint density at radius 3 is 2.41 bits per heavy atom. The van der Waals surface area contributed by atoms with Gasteiger partial charge in [-0.3, -0.25) is 9.79 Å². The van der Waals surface area contributed by atoms with E-state index in [1.807, 2.05) is 29.2 Å². The lowest BCUT2D eigenvalue weighted by Gasteiger charge is -2.36. The molecule has 1 aromatic carbocycles. The summed E-state index contributed by atoms with van der Waals surface area (Å²) in [7, 11) is 1.76. The highest BCUT2D eigenvalue weighted by atomic mass is 16.3. The Bertz CT molecular complexity index is 944. The van der Waals surface area contributed by atoms with Crippen molar-refractivity contribution in [2.45, 2.75) is 19.4 Å². The average molecular weight is 439 g/mol. The second kappa shape index (κ2) is 10.2. The van der Waals surface area contributed by atoms with Crippen molar-refractivity contribution in [3.05, 3.63) is 54.0 Å². The van der Waals surface area contributed by atoms with Crippen LogP contribution in [0.25, 0.3) is 0 Å². The molecule has 9 nitrogen and oxygen atoms in total. The molecule has 0 spiro atoms. The van der Waals surface area contributed by atoms with Gasteiger partial charge in [0.15, 0.2) is 11.7 Å². The Kier molecular flexibility index (Phi) is 6.94. The lowest BCUT2D eigenvalue weighted by molar-refractivity contribution is 0.0657. The normalized spacial score (nSPS) is 16.9. The third-order valence-electron chi connectivity index (χ3n) is 5.83. The van der Waals surface area contributed by atoms with Crippen LogP contribution in [0.1, 0.15) is 29.0 Å². The topological polar surface area (TPSA) is 93.4 Å². The van der Waals surface area contributed by atoms with Crippen LogP contribution < -0.4 is 10.6 Å². The third-order valence-corrected chi connectivity index (χ3v) is 5.83. The molecule has 2 aliphatic rings. The summed E-state index contributed by atoms with van der Waals surface area (Å²) in [5, 5.41) is 6.38. The molecule has 0 saturated carbocycles. The van der Waals surface area contributed by atoms with Crippen LogP contribution in [0.4, 0.5) is 10.5 Å². The number of rotatable bonds is 4. The van der Waals surface area contributed by atoms with E-state index in [1.165, 1.54) is 6.26 Å². The van der Waals surface area contributed by atoms with E-state index in [2.05, 4.69) is 20.5 Å². The SMILES string of the molecule is CN=C(NCc1cccc(NC(=O)N2CCCC2)c1)N1CCN(C(=O)c2ccco2)CC1. The fourth-order valence-corrected chi connectivity index (χ4v) is 4.07. The summed E-state index contributed by atoms with van der Waals surface area (Å²) in [5.74, 6) is 1.09. The van der Waals surface area contributed by atoms with E-state index >= 15 is 0 Å². The molecule has 0 bridgehead atoms. The summed E-state index contributed by atoms with van der Waals surface area (Å²) in [5.41, 5.74) is 1.85. The molecule has 9 heteroatoms. The minimum atomic E-state index is -0.0783. The van der Waals surface area contributed by atoms with Crippen molar-refractivity contribution in [3.63, 3.8) is 0 Å². The van der Waals surface area contributed by atoms with Gasteiger partial charge in [0, 0.05) is 58.5 Å². The number of carbonyl (C=O) groups is 2. The van der Waals surface area contributed by atoms with Gasteiger partial charge in [-0.05, 0) is 42.7 Å². The van der Waals surface area contributed by atoms with Crippen molar-refractivity contribution in [1.29, 1.82) is 0 Å². The van der Waals surface area contributed by atoms with Crippen LogP contribution in [0.5, 0.6) is 0 Å². The highest BCUT2D eigenvalue weighted by Crippen LogP contribution is 2.15. The summed E-state index contributed by atoms with van der Waals surface area (Å²) < 4.78 is 5.22. The molecular formula is C23H30N6O3. The molecule has 0 aliphatic carbocycles. The Morgan fingerprint density at radius 2 is 1.72 bits per heavy atom. The smallest absolute Gasteiger partial charge is 0.321 e. The van der Waals surface area contributed by atoms with Gasteiger partial charge < -0.3 is 29.8 Å². The Labute approximate surface area is 188 Å². The summed E-state index contributed by atoms with van der Waals surface area (Å²) in [4.78, 5) is 35.0. The van der Waals surface area contributed by atoms with Gasteiger partial charge in [0.25, 0.3) is 5.91 Å². The van der Waals surface area contributed by atoms with Crippen molar-refractivity contribution in [2.75, 3.05) is 51.6 Å². The number of furan rings is 1. The fraction of sp³-hybridized carbons (Fsp3) is 0.435. The highest BCUT2D eigenvalue weighted by molar-refractivity contribution is 5.92. The largest absolute Gasteiger partial charge is 0.459 e. The van der Waals surface area contributed by atoms with Crippen molar-refractivity contribution < 1.29 is 14.0 Å². The van der Waals surface area contributed by atoms with Crippen molar-refractivity contribution >= 4 is 23.6 Å². The minimum absolute atomic E-state index is 0.0367. The number of benzene rings is 1. The number of piperazine rings is 1. The van der Waals surface area contributed by atoms with E-state index in [0.29, 0.717) is 38.5 Å². The lowest BCUT2D eigenvalue weighted by Crippen LogP contribution is -2.53. The van der Waals surface area contributed by atoms with Crippen LogP contribution in [0, 0.1) is 0 Å². The first-order valence-electron chi connectivity index (χ1n) is 11.1. The predicted molar refractivity (Wildman–Crippen MR) is 123 cm³/mol. The second-order valence-corrected chi connectivity index (χ2v) is 7.98. The van der Waals surface area contributed by atoms with Crippen LogP contribution >= 0.6 is 0 Å². The summed E-state index contributed by atoms with van der Waals surface area (Å²) >= 11 is 0. The maximum Gasteiger partial charge on any atom is 0.321 e. The number of amides is 3. The molecule has 0 atom stereocenters. The molecule has 2 fully saturated rings. The summed E-state index contributed by atoms with van der Waals surface area (Å²) in [6.07, 6.45) is 3.66. The summed E-state index contributed by atoms with van der Waals surface area (Å²) in [6, 6.07) is 11.2. The molecule has 2 N–H and O–H groups in total. The Morgan fingerprint density at radius 1 is 0.969 bits per heavy atom. The highest BCUT2D eigenvalue weighted by Gasteiger charge is 2.25. The molecule has 3 amide bonds. The van der Waals surface area contributed by atoms with E-state index in [-0.39, 0.29) is 11.9 Å². The standard InChI is InChI=1S/C23H30N6O3/c1-24-22(28-13-11-27(12-14-28)21(30)20-8-5-15-32-20)25-17-18-6-4-7-19(16-18)26-23(31)29-9-2-3-10-29/h4-8,15-16H,2-3,9-14,17H2,1H3,(H,24,25)(H,26,31). The molecule has 170 valence electrons. The molecule has 2 saturated heterocycles. The molecule has 2 aliphatic heterocycles. The minimum Gasteiger partial charge on any atom is -0.459 e. The zero-order valence-electron chi connectivity index (χ0n) is 18.4. The molecule has 3 heterocycles. The van der Waals surface area contributed by atoms with Gasteiger partial charge in [-0.25, -0.2) is 4.79 Å². The molecule has 4 rings (SSSR count). The Hall–Kier alpha value is -3.49. The zero-order valence-corrected chi connectivity index (χ0v) is 18.4. The zero-order chi connectivity index (χ0) is 22.3. The Balaban J connectivity index is 1.27. The number of aliphatic imine (C=N–C) groups is 1. The molecule has 1 aromatic heterocycles. The predicted octanol–water partition coefficient (Wildman–Crippen LogP) is 2.44. The fourth-order valence-electron chi connectivity index (χ4n) is 4.07.